The van der Waals surface area contributed by atoms with Gasteiger partial charge in [-0.15, -0.1) is 0 Å². The Morgan fingerprint density at radius 1 is 1.36 bits per heavy atom. The number of hydrogen-bond acceptors (Lipinski definition) is 6. The highest BCUT2D eigenvalue weighted by Crippen LogP contribution is 2.15. The van der Waals surface area contributed by atoms with Gasteiger partial charge in [0.05, 0.1) is 0 Å². The molecule has 1 atom stereocenters. The van der Waals surface area contributed by atoms with Gasteiger partial charge in [-0.25, -0.2) is 9.97 Å². The molecular weight excluding hydrogens is 278 g/mol. The summed E-state index contributed by atoms with van der Waals surface area (Å²) >= 11 is 0. The van der Waals surface area contributed by atoms with Crippen LogP contribution in [0.5, 0.6) is 0 Å². The van der Waals surface area contributed by atoms with Crippen LogP contribution in [0.25, 0.3) is 0 Å². The quantitative estimate of drug-likeness (QED) is 0.760. The predicted octanol–water partition coefficient (Wildman–Crippen LogP) is 0.894. The summed E-state index contributed by atoms with van der Waals surface area (Å²) in [4.78, 5) is 12.9. The minimum absolute atomic E-state index is 0.231. The summed E-state index contributed by atoms with van der Waals surface area (Å²) in [6, 6.07) is 0.393. The molecule has 0 spiro atoms. The molecule has 1 fully saturated rings. The molecule has 22 heavy (non-hydrogen) atoms. The van der Waals surface area contributed by atoms with E-state index in [0.29, 0.717) is 12.0 Å². The molecule has 1 aliphatic heterocycles. The van der Waals surface area contributed by atoms with Crippen molar-refractivity contribution in [2.75, 3.05) is 38.5 Å². The van der Waals surface area contributed by atoms with E-state index in [1.54, 1.807) is 12.4 Å². The fourth-order valence-corrected chi connectivity index (χ4v) is 2.77. The maximum Gasteiger partial charge on any atom is 0.219 e. The normalized spacial score (nSPS) is 20.0. The summed E-state index contributed by atoms with van der Waals surface area (Å²) in [6.45, 7) is 9.27. The second-order valence-corrected chi connectivity index (χ2v) is 6.13. The highest BCUT2D eigenvalue weighted by molar-refractivity contribution is 5.17. The van der Waals surface area contributed by atoms with E-state index in [9.17, 15) is 5.11 Å². The van der Waals surface area contributed by atoms with Gasteiger partial charge in [-0.3, -0.25) is 9.80 Å². The molecule has 0 radical (unpaired) electrons. The van der Waals surface area contributed by atoms with Crippen LogP contribution in [0, 0.1) is 0 Å². The third-order valence-electron chi connectivity index (χ3n) is 4.02. The Morgan fingerprint density at radius 2 is 2.09 bits per heavy atom. The Bertz CT molecular complexity index is 484. The van der Waals surface area contributed by atoms with Gasteiger partial charge in [0.15, 0.2) is 0 Å². The lowest BCUT2D eigenvalue weighted by molar-refractivity contribution is 0.0635. The molecule has 2 heterocycles. The zero-order chi connectivity index (χ0) is 15.9. The van der Waals surface area contributed by atoms with Gasteiger partial charge < -0.3 is 10.8 Å². The SMILES string of the molecule is CC(C)=CCN1CCN(Cc2cnc(N)nc2)CC1CCO. The van der Waals surface area contributed by atoms with Crippen LogP contribution in [0.2, 0.25) is 0 Å². The predicted molar refractivity (Wildman–Crippen MR) is 88.2 cm³/mol. The molecule has 1 aliphatic rings. The standard InChI is InChI=1S/C16H27N5O/c1-13(2)3-5-21-7-6-20(12-15(21)4-8-22)11-14-9-18-16(17)19-10-14/h3,9-10,15,22H,4-8,11-12H2,1-2H3,(H2,17,18,19). The van der Waals surface area contributed by atoms with Crippen molar-refractivity contribution in [1.29, 1.82) is 0 Å². The molecule has 122 valence electrons. The van der Waals surface area contributed by atoms with E-state index < -0.39 is 0 Å². The van der Waals surface area contributed by atoms with Crippen LogP contribution in [0.1, 0.15) is 25.8 Å². The van der Waals surface area contributed by atoms with Crippen molar-refractivity contribution < 1.29 is 5.11 Å². The molecule has 0 bridgehead atoms. The first-order chi connectivity index (χ1) is 10.6. The lowest BCUT2D eigenvalue weighted by Crippen LogP contribution is -2.53. The van der Waals surface area contributed by atoms with Gasteiger partial charge in [-0.1, -0.05) is 11.6 Å². The first kappa shape index (κ1) is 16.9. The number of allylic oxidation sites excluding steroid dienone is 1. The van der Waals surface area contributed by atoms with Gasteiger partial charge in [-0.2, -0.15) is 0 Å². The number of aromatic nitrogens is 2. The average molecular weight is 305 g/mol. The maximum atomic E-state index is 9.33. The smallest absolute Gasteiger partial charge is 0.219 e. The molecule has 6 nitrogen and oxygen atoms in total. The summed E-state index contributed by atoms with van der Waals surface area (Å²) in [6.07, 6.45) is 6.65. The van der Waals surface area contributed by atoms with Crippen LogP contribution >= 0.6 is 0 Å². The molecule has 0 aliphatic carbocycles. The van der Waals surface area contributed by atoms with Crippen LogP contribution in [-0.4, -0.2) is 63.7 Å². The van der Waals surface area contributed by atoms with Crippen LogP contribution in [0.4, 0.5) is 5.95 Å². The second kappa shape index (κ2) is 8.22. The zero-order valence-corrected chi connectivity index (χ0v) is 13.6. The summed E-state index contributed by atoms with van der Waals surface area (Å²) < 4.78 is 0. The average Bonchev–Trinajstić information content (AvgIpc) is 2.49. The third-order valence-corrected chi connectivity index (χ3v) is 4.02. The Balaban J connectivity index is 1.93. The molecule has 6 heteroatoms. The first-order valence-corrected chi connectivity index (χ1v) is 7.85. The van der Waals surface area contributed by atoms with E-state index in [4.69, 9.17) is 5.73 Å². The fourth-order valence-electron chi connectivity index (χ4n) is 2.77. The number of rotatable bonds is 6. The van der Waals surface area contributed by atoms with E-state index in [-0.39, 0.29) is 6.61 Å². The zero-order valence-electron chi connectivity index (χ0n) is 13.6. The number of hydrogen-bond donors (Lipinski definition) is 2. The summed E-state index contributed by atoms with van der Waals surface area (Å²) in [5, 5.41) is 9.33. The lowest BCUT2D eigenvalue weighted by atomic mass is 10.1. The topological polar surface area (TPSA) is 78.5 Å². The highest BCUT2D eigenvalue weighted by Gasteiger charge is 2.25. The Kier molecular flexibility index (Phi) is 6.30. The van der Waals surface area contributed by atoms with Gasteiger partial charge in [0, 0.05) is 63.3 Å². The van der Waals surface area contributed by atoms with Crippen molar-refractivity contribution in [2.45, 2.75) is 32.9 Å². The number of nitrogens with two attached hydrogens (primary N) is 1. The Morgan fingerprint density at radius 3 is 2.73 bits per heavy atom. The van der Waals surface area contributed by atoms with Crippen molar-refractivity contribution in [3.63, 3.8) is 0 Å². The number of nitrogens with zero attached hydrogens (tertiary/aromatic N) is 4. The lowest BCUT2D eigenvalue weighted by Gasteiger charge is -2.41. The number of nitrogen functional groups attached to an aromatic ring is 1. The molecule has 1 aromatic heterocycles. The third kappa shape index (κ3) is 5.05. The van der Waals surface area contributed by atoms with Crippen LogP contribution in [0.15, 0.2) is 24.0 Å². The largest absolute Gasteiger partial charge is 0.396 e. The molecule has 0 amide bonds. The highest BCUT2D eigenvalue weighted by atomic mass is 16.3. The van der Waals surface area contributed by atoms with Crippen LogP contribution < -0.4 is 5.73 Å². The van der Waals surface area contributed by atoms with Crippen molar-refractivity contribution in [3.05, 3.63) is 29.6 Å². The molecule has 0 saturated carbocycles. The van der Waals surface area contributed by atoms with Gasteiger partial charge in [0.1, 0.15) is 0 Å². The number of anilines is 1. The van der Waals surface area contributed by atoms with Gasteiger partial charge in [0.25, 0.3) is 0 Å². The van der Waals surface area contributed by atoms with Gasteiger partial charge >= 0.3 is 0 Å². The van der Waals surface area contributed by atoms with E-state index in [0.717, 1.165) is 44.7 Å². The maximum absolute atomic E-state index is 9.33. The van der Waals surface area contributed by atoms with Gasteiger partial charge in [-0.05, 0) is 20.3 Å². The van der Waals surface area contributed by atoms with E-state index in [1.807, 2.05) is 0 Å². The molecule has 1 aromatic rings. The summed E-state index contributed by atoms with van der Waals surface area (Å²) in [7, 11) is 0. The molecule has 3 N–H and O–H groups in total. The van der Waals surface area contributed by atoms with Crippen LogP contribution in [0.3, 0.4) is 0 Å². The van der Waals surface area contributed by atoms with Crippen molar-refractivity contribution >= 4 is 5.95 Å². The summed E-state index contributed by atoms with van der Waals surface area (Å²) in [5.74, 6) is 0.313. The molecular formula is C16H27N5O. The monoisotopic (exact) mass is 305 g/mol. The Hall–Kier alpha value is -1.50. The molecule has 1 saturated heterocycles. The molecule has 2 rings (SSSR count). The minimum Gasteiger partial charge on any atom is -0.396 e. The van der Waals surface area contributed by atoms with Crippen molar-refractivity contribution in [2.24, 2.45) is 0 Å². The fraction of sp³-hybridized carbons (Fsp3) is 0.625. The molecule has 1 unspecified atom stereocenters. The second-order valence-electron chi connectivity index (χ2n) is 6.13. The number of piperazine rings is 1. The first-order valence-electron chi connectivity index (χ1n) is 7.85. The number of aliphatic hydroxyl groups is 1. The van der Waals surface area contributed by atoms with E-state index in [1.165, 1.54) is 5.57 Å². The van der Waals surface area contributed by atoms with Crippen molar-refractivity contribution in [3.8, 4) is 0 Å². The molecule has 0 aromatic carbocycles. The van der Waals surface area contributed by atoms with E-state index >= 15 is 0 Å². The minimum atomic E-state index is 0.231. The number of aliphatic hydroxyl groups excluding tert-OH is 1. The Labute approximate surface area is 132 Å². The van der Waals surface area contributed by atoms with Gasteiger partial charge in [0.2, 0.25) is 5.95 Å². The summed E-state index contributed by atoms with van der Waals surface area (Å²) in [5.41, 5.74) is 7.94. The van der Waals surface area contributed by atoms with Crippen LogP contribution in [-0.2, 0) is 6.54 Å². The van der Waals surface area contributed by atoms with Crippen molar-refractivity contribution in [1.82, 2.24) is 19.8 Å². The van der Waals surface area contributed by atoms with E-state index in [2.05, 4.69) is 39.7 Å².